The molecule has 0 bridgehead atoms. The van der Waals surface area contributed by atoms with Gasteiger partial charge in [-0.05, 0) is 0 Å². The normalized spacial score (nSPS) is 9.56. The summed E-state index contributed by atoms with van der Waals surface area (Å²) in [5, 5.41) is 3.37. The maximum Gasteiger partial charge on any atom is 0.302 e. The standard InChI is InChI=1S/C5H7BN3/c1-4-6-5(7-2)9-8-3/h1H,3H2,2H3,(H,7,9). The van der Waals surface area contributed by atoms with Crippen molar-refractivity contribution in [1.29, 1.82) is 0 Å². The minimum Gasteiger partial charge on any atom is -0.284 e. The lowest BCUT2D eigenvalue weighted by atomic mass is 9.79. The summed E-state index contributed by atoms with van der Waals surface area (Å²) in [6, 6.07) is 0. The van der Waals surface area contributed by atoms with E-state index in [9.17, 15) is 0 Å². The van der Waals surface area contributed by atoms with Gasteiger partial charge in [0.15, 0.2) is 0 Å². The van der Waals surface area contributed by atoms with Gasteiger partial charge >= 0.3 is 7.28 Å². The predicted octanol–water partition coefficient (Wildman–Crippen LogP) is -0.528. The number of nitrogens with one attached hydrogen (secondary N) is 1. The maximum absolute atomic E-state index is 4.95. The molecule has 45 valence electrons. The van der Waals surface area contributed by atoms with Gasteiger partial charge < -0.3 is 0 Å². The van der Waals surface area contributed by atoms with E-state index in [1.165, 1.54) is 7.28 Å². The number of terminal acetylenes is 1. The first-order chi connectivity index (χ1) is 4.35. The fraction of sp³-hybridized carbons (Fsp3) is 0.200. The number of hydrazone groups is 1. The Morgan fingerprint density at radius 2 is 2.56 bits per heavy atom. The third-order valence-corrected chi connectivity index (χ3v) is 0.655. The minimum absolute atomic E-state index is 0.535. The summed E-state index contributed by atoms with van der Waals surface area (Å²) in [6.45, 7) is 3.20. The average Bonchev–Trinajstić information content (AvgIpc) is 1.88. The second-order valence-electron chi connectivity index (χ2n) is 1.19. The van der Waals surface area contributed by atoms with E-state index in [2.05, 4.69) is 28.1 Å². The third kappa shape index (κ3) is 3.36. The molecule has 0 spiro atoms. The van der Waals surface area contributed by atoms with Crippen LogP contribution in [0.3, 0.4) is 0 Å². The van der Waals surface area contributed by atoms with Crippen LogP contribution in [0.4, 0.5) is 0 Å². The number of hydrogen-bond donors (Lipinski definition) is 1. The molecule has 0 fully saturated rings. The van der Waals surface area contributed by atoms with Crippen LogP contribution in [0.2, 0.25) is 0 Å². The summed E-state index contributed by atoms with van der Waals surface area (Å²) in [6.07, 6.45) is 4.95. The molecule has 0 atom stereocenters. The monoisotopic (exact) mass is 120 g/mol. The van der Waals surface area contributed by atoms with Crippen molar-refractivity contribution < 1.29 is 0 Å². The highest BCUT2D eigenvalue weighted by atomic mass is 15.3. The van der Waals surface area contributed by atoms with Crippen molar-refractivity contribution in [3.05, 3.63) is 0 Å². The zero-order chi connectivity index (χ0) is 7.11. The van der Waals surface area contributed by atoms with E-state index in [0.29, 0.717) is 5.73 Å². The SMILES string of the molecule is C#C[B]C(=NC)NN=C. The van der Waals surface area contributed by atoms with Gasteiger partial charge in [0, 0.05) is 13.8 Å². The zero-order valence-electron chi connectivity index (χ0n) is 5.26. The smallest absolute Gasteiger partial charge is 0.284 e. The second-order valence-corrected chi connectivity index (χ2v) is 1.19. The first-order valence-corrected chi connectivity index (χ1v) is 2.33. The van der Waals surface area contributed by atoms with Crippen LogP contribution in [-0.4, -0.2) is 26.8 Å². The van der Waals surface area contributed by atoms with Crippen LogP contribution in [0.1, 0.15) is 0 Å². The van der Waals surface area contributed by atoms with E-state index in [1.54, 1.807) is 7.05 Å². The second kappa shape index (κ2) is 4.91. The number of amidine groups is 1. The van der Waals surface area contributed by atoms with Crippen molar-refractivity contribution in [2.75, 3.05) is 7.05 Å². The molecule has 3 nitrogen and oxygen atoms in total. The van der Waals surface area contributed by atoms with E-state index in [1.807, 2.05) is 0 Å². The van der Waals surface area contributed by atoms with E-state index in [4.69, 9.17) is 6.42 Å². The van der Waals surface area contributed by atoms with Gasteiger partial charge in [0.2, 0.25) is 0 Å². The van der Waals surface area contributed by atoms with Gasteiger partial charge in [-0.3, -0.25) is 10.4 Å². The van der Waals surface area contributed by atoms with Gasteiger partial charge in [-0.1, -0.05) is 0 Å². The van der Waals surface area contributed by atoms with Crippen molar-refractivity contribution in [1.82, 2.24) is 5.43 Å². The topological polar surface area (TPSA) is 36.8 Å². The zero-order valence-corrected chi connectivity index (χ0v) is 5.26. The van der Waals surface area contributed by atoms with Gasteiger partial charge in [-0.25, -0.2) is 0 Å². The quantitative estimate of drug-likeness (QED) is 0.172. The predicted molar refractivity (Wildman–Crippen MR) is 40.6 cm³/mol. The molecular formula is C5H7BN3. The largest absolute Gasteiger partial charge is 0.302 e. The summed E-state index contributed by atoms with van der Waals surface area (Å²) < 4.78 is 0. The highest BCUT2D eigenvalue weighted by molar-refractivity contribution is 6.80. The maximum atomic E-state index is 4.95. The number of hydrogen-bond acceptors (Lipinski definition) is 2. The first kappa shape index (κ1) is 7.76. The summed E-state index contributed by atoms with van der Waals surface area (Å²) in [5.74, 6) is 2.30. The molecule has 4 heteroatoms. The Kier molecular flexibility index (Phi) is 4.24. The Morgan fingerprint density at radius 3 is 2.89 bits per heavy atom. The minimum atomic E-state index is 0.535. The summed E-state index contributed by atoms with van der Waals surface area (Å²) in [4.78, 5) is 3.74. The lowest BCUT2D eigenvalue weighted by Crippen LogP contribution is -2.22. The van der Waals surface area contributed by atoms with E-state index in [0.717, 1.165) is 0 Å². The highest BCUT2D eigenvalue weighted by Gasteiger charge is 1.92. The fourth-order valence-corrected chi connectivity index (χ4v) is 0.307. The Labute approximate surface area is 55.5 Å². The molecule has 1 radical (unpaired) electrons. The molecule has 0 aromatic rings. The van der Waals surface area contributed by atoms with E-state index >= 15 is 0 Å². The molecule has 1 N–H and O–H groups in total. The third-order valence-electron chi connectivity index (χ3n) is 0.655. The van der Waals surface area contributed by atoms with Crippen LogP contribution in [0.15, 0.2) is 10.1 Å². The van der Waals surface area contributed by atoms with Gasteiger partial charge in [-0.2, -0.15) is 10.9 Å². The summed E-state index contributed by atoms with van der Waals surface area (Å²) in [5.41, 5.74) is 3.03. The number of aliphatic imine (C=N–C) groups is 1. The van der Waals surface area contributed by atoms with Crippen LogP contribution in [0.25, 0.3) is 0 Å². The van der Waals surface area contributed by atoms with Crippen molar-refractivity contribution >= 4 is 19.7 Å². The van der Waals surface area contributed by atoms with Crippen LogP contribution >= 0.6 is 0 Å². The lowest BCUT2D eigenvalue weighted by molar-refractivity contribution is 1.05. The van der Waals surface area contributed by atoms with Crippen LogP contribution < -0.4 is 5.43 Å². The Morgan fingerprint density at radius 1 is 1.89 bits per heavy atom. The van der Waals surface area contributed by atoms with Crippen LogP contribution in [0.5, 0.6) is 0 Å². The molecule has 0 rings (SSSR count). The summed E-state index contributed by atoms with van der Waals surface area (Å²) in [7, 11) is 3.08. The lowest BCUT2D eigenvalue weighted by Gasteiger charge is -1.95. The van der Waals surface area contributed by atoms with Gasteiger partial charge in [-0.15, -0.1) is 6.42 Å². The van der Waals surface area contributed by atoms with Gasteiger partial charge in [0.25, 0.3) is 0 Å². The molecular weight excluding hydrogens is 113 g/mol. The molecule has 0 saturated carbocycles. The first-order valence-electron chi connectivity index (χ1n) is 2.33. The van der Waals surface area contributed by atoms with Crippen molar-refractivity contribution in [2.45, 2.75) is 0 Å². The van der Waals surface area contributed by atoms with Gasteiger partial charge in [0.1, 0.15) is 0 Å². The molecule has 9 heavy (non-hydrogen) atoms. The molecule has 0 aromatic heterocycles. The summed E-state index contributed by atoms with van der Waals surface area (Å²) >= 11 is 0. The molecule has 0 amide bonds. The molecule has 0 aliphatic heterocycles. The molecule has 0 aliphatic carbocycles. The molecule has 0 saturated heterocycles. The Bertz CT molecular complexity index is 156. The van der Waals surface area contributed by atoms with Gasteiger partial charge in [0.05, 0.1) is 5.73 Å². The van der Waals surface area contributed by atoms with Crippen LogP contribution in [0, 0.1) is 12.2 Å². The Hall–Kier alpha value is -1.24. The van der Waals surface area contributed by atoms with E-state index in [-0.39, 0.29) is 0 Å². The molecule has 0 heterocycles. The Balaban J connectivity index is 3.73. The van der Waals surface area contributed by atoms with Crippen molar-refractivity contribution in [2.24, 2.45) is 10.1 Å². The van der Waals surface area contributed by atoms with Crippen LogP contribution in [-0.2, 0) is 0 Å². The average molecular weight is 120 g/mol. The molecule has 0 unspecified atom stereocenters. The molecule has 0 aromatic carbocycles. The highest BCUT2D eigenvalue weighted by Crippen LogP contribution is 1.66. The number of nitrogens with zero attached hydrogens (tertiary/aromatic N) is 2. The number of rotatable bonds is 2. The van der Waals surface area contributed by atoms with E-state index < -0.39 is 0 Å². The molecule has 0 aliphatic rings. The van der Waals surface area contributed by atoms with Crippen molar-refractivity contribution in [3.8, 4) is 12.2 Å². The fourth-order valence-electron chi connectivity index (χ4n) is 0.307. The van der Waals surface area contributed by atoms with Crippen molar-refractivity contribution in [3.63, 3.8) is 0 Å².